The van der Waals surface area contributed by atoms with Gasteiger partial charge in [0, 0.05) is 29.3 Å². The van der Waals surface area contributed by atoms with Crippen LogP contribution in [0.15, 0.2) is 54.7 Å². The molecule has 0 fully saturated rings. The largest absolute Gasteiger partial charge is 0.398 e. The van der Waals surface area contributed by atoms with Gasteiger partial charge in [0.15, 0.2) is 0 Å². The van der Waals surface area contributed by atoms with Crippen LogP contribution < -0.4 is 5.73 Å². The molecule has 92 valence electrons. The Bertz CT molecular complexity index is 778. The number of nitrogens with two attached hydrogens (primary N) is 1. The summed E-state index contributed by atoms with van der Waals surface area (Å²) >= 11 is 0. The van der Waals surface area contributed by atoms with Gasteiger partial charge in [0.25, 0.3) is 0 Å². The monoisotopic (exact) mass is 247 g/mol. The molecule has 3 nitrogen and oxygen atoms in total. The molecule has 0 aliphatic heterocycles. The van der Waals surface area contributed by atoms with E-state index in [1.54, 1.807) is 0 Å². The van der Waals surface area contributed by atoms with E-state index in [1.165, 1.54) is 0 Å². The molecular weight excluding hydrogens is 234 g/mol. The lowest BCUT2D eigenvalue weighted by Crippen LogP contribution is -2.01. The highest BCUT2D eigenvalue weighted by molar-refractivity contribution is 5.81. The fourth-order valence-corrected chi connectivity index (χ4v) is 2.27. The third-order valence-corrected chi connectivity index (χ3v) is 3.30. The van der Waals surface area contributed by atoms with Crippen molar-refractivity contribution >= 4 is 16.6 Å². The summed E-state index contributed by atoms with van der Waals surface area (Å²) in [6.07, 6.45) is 2.03. The van der Waals surface area contributed by atoms with Gasteiger partial charge in [-0.1, -0.05) is 18.2 Å². The zero-order valence-corrected chi connectivity index (χ0v) is 10.4. The molecule has 0 amide bonds. The molecule has 3 heteroatoms. The minimum atomic E-state index is 0.685. The van der Waals surface area contributed by atoms with Crippen molar-refractivity contribution in [2.45, 2.75) is 6.54 Å². The molecule has 2 aromatic carbocycles. The maximum atomic E-state index is 8.90. The Kier molecular flexibility index (Phi) is 2.70. The first-order valence-electron chi connectivity index (χ1n) is 6.10. The average Bonchev–Trinajstić information content (AvgIpc) is 2.83. The van der Waals surface area contributed by atoms with E-state index in [4.69, 9.17) is 11.0 Å². The second-order valence-electron chi connectivity index (χ2n) is 4.53. The molecule has 19 heavy (non-hydrogen) atoms. The normalized spacial score (nSPS) is 10.5. The molecule has 1 aromatic heterocycles. The van der Waals surface area contributed by atoms with E-state index in [0.717, 1.165) is 28.7 Å². The molecule has 0 bridgehead atoms. The van der Waals surface area contributed by atoms with Crippen molar-refractivity contribution < 1.29 is 0 Å². The van der Waals surface area contributed by atoms with E-state index >= 15 is 0 Å². The first kappa shape index (κ1) is 11.4. The van der Waals surface area contributed by atoms with Crippen LogP contribution in [0, 0.1) is 11.3 Å². The molecule has 0 unspecified atom stereocenters. The highest BCUT2D eigenvalue weighted by Crippen LogP contribution is 2.20. The fourth-order valence-electron chi connectivity index (χ4n) is 2.27. The van der Waals surface area contributed by atoms with Crippen LogP contribution in [0.5, 0.6) is 0 Å². The number of fused-ring (bicyclic) bond motifs is 1. The number of hydrogen-bond acceptors (Lipinski definition) is 2. The van der Waals surface area contributed by atoms with Crippen LogP contribution in [-0.2, 0) is 6.54 Å². The molecule has 0 atom stereocenters. The van der Waals surface area contributed by atoms with E-state index in [1.807, 2.05) is 54.7 Å². The molecule has 0 aliphatic carbocycles. The Labute approximate surface area is 111 Å². The molecular formula is C16H13N3. The minimum Gasteiger partial charge on any atom is -0.398 e. The van der Waals surface area contributed by atoms with Crippen LogP contribution in [-0.4, -0.2) is 4.57 Å². The predicted octanol–water partition coefficient (Wildman–Crippen LogP) is 3.14. The van der Waals surface area contributed by atoms with E-state index in [9.17, 15) is 0 Å². The molecule has 0 saturated heterocycles. The first-order chi connectivity index (χ1) is 9.28. The number of rotatable bonds is 2. The van der Waals surface area contributed by atoms with Gasteiger partial charge in [-0.2, -0.15) is 5.26 Å². The summed E-state index contributed by atoms with van der Waals surface area (Å²) in [6, 6.07) is 17.8. The summed E-state index contributed by atoms with van der Waals surface area (Å²) in [5, 5.41) is 9.98. The summed E-state index contributed by atoms with van der Waals surface area (Å²) in [6.45, 7) is 0.738. The quantitative estimate of drug-likeness (QED) is 0.707. The summed E-state index contributed by atoms with van der Waals surface area (Å²) < 4.78 is 2.14. The summed E-state index contributed by atoms with van der Waals surface area (Å²) in [7, 11) is 0. The number of aromatic nitrogens is 1. The molecule has 2 N–H and O–H groups in total. The van der Waals surface area contributed by atoms with Gasteiger partial charge in [-0.3, -0.25) is 0 Å². The predicted molar refractivity (Wildman–Crippen MR) is 76.6 cm³/mol. The zero-order chi connectivity index (χ0) is 13.2. The second-order valence-corrected chi connectivity index (χ2v) is 4.53. The molecule has 0 spiro atoms. The lowest BCUT2D eigenvalue weighted by Gasteiger charge is -2.08. The molecule has 0 saturated carbocycles. The maximum Gasteiger partial charge on any atom is 0.0991 e. The van der Waals surface area contributed by atoms with E-state index in [2.05, 4.69) is 10.6 Å². The van der Waals surface area contributed by atoms with E-state index < -0.39 is 0 Å². The van der Waals surface area contributed by atoms with Gasteiger partial charge in [0.1, 0.15) is 0 Å². The van der Waals surface area contributed by atoms with Gasteiger partial charge in [-0.25, -0.2) is 0 Å². The topological polar surface area (TPSA) is 54.7 Å². The van der Waals surface area contributed by atoms with Crippen LogP contribution in [0.25, 0.3) is 10.9 Å². The third-order valence-electron chi connectivity index (χ3n) is 3.30. The highest BCUT2D eigenvalue weighted by Gasteiger charge is 2.04. The van der Waals surface area contributed by atoms with Gasteiger partial charge in [-0.15, -0.1) is 0 Å². The van der Waals surface area contributed by atoms with Crippen molar-refractivity contribution in [3.8, 4) is 6.07 Å². The van der Waals surface area contributed by atoms with Gasteiger partial charge in [0.05, 0.1) is 11.6 Å². The third kappa shape index (κ3) is 2.04. The van der Waals surface area contributed by atoms with Gasteiger partial charge >= 0.3 is 0 Å². The molecule has 3 aromatic rings. The van der Waals surface area contributed by atoms with Crippen LogP contribution in [0.3, 0.4) is 0 Å². The van der Waals surface area contributed by atoms with Crippen molar-refractivity contribution in [1.29, 1.82) is 5.26 Å². The van der Waals surface area contributed by atoms with Crippen molar-refractivity contribution in [3.05, 3.63) is 65.9 Å². The number of benzene rings is 2. The van der Waals surface area contributed by atoms with Crippen molar-refractivity contribution in [3.63, 3.8) is 0 Å². The highest BCUT2D eigenvalue weighted by atomic mass is 15.0. The lowest BCUT2D eigenvalue weighted by atomic mass is 10.1. The summed E-state index contributed by atoms with van der Waals surface area (Å²) in [4.78, 5) is 0. The average molecular weight is 247 g/mol. The van der Waals surface area contributed by atoms with Gasteiger partial charge in [0.2, 0.25) is 0 Å². The second kappa shape index (κ2) is 4.51. The molecule has 1 heterocycles. The number of nitrogen functional groups attached to an aromatic ring is 1. The SMILES string of the molecule is N#Cc1ccc2c(ccn2Cc2ccccc2N)c1. The standard InChI is InChI=1S/C16H13N3/c17-10-12-5-6-16-13(9-12)7-8-19(16)11-14-3-1-2-4-15(14)18/h1-9H,11,18H2. The molecule has 3 rings (SSSR count). The van der Waals surface area contributed by atoms with Crippen LogP contribution in [0.1, 0.15) is 11.1 Å². The fraction of sp³-hybridized carbons (Fsp3) is 0.0625. The van der Waals surface area contributed by atoms with E-state index in [0.29, 0.717) is 5.56 Å². The van der Waals surface area contributed by atoms with Crippen LogP contribution in [0.4, 0.5) is 5.69 Å². The van der Waals surface area contributed by atoms with E-state index in [-0.39, 0.29) is 0 Å². The number of anilines is 1. The lowest BCUT2D eigenvalue weighted by molar-refractivity contribution is 0.839. The summed E-state index contributed by atoms with van der Waals surface area (Å²) in [5.74, 6) is 0. The van der Waals surface area contributed by atoms with Crippen molar-refractivity contribution in [1.82, 2.24) is 4.57 Å². The van der Waals surface area contributed by atoms with Crippen LogP contribution >= 0.6 is 0 Å². The van der Waals surface area contributed by atoms with Crippen molar-refractivity contribution in [2.24, 2.45) is 0 Å². The zero-order valence-electron chi connectivity index (χ0n) is 10.4. The summed E-state index contributed by atoms with van der Waals surface area (Å²) in [5.41, 5.74) is 9.67. The van der Waals surface area contributed by atoms with Gasteiger partial charge < -0.3 is 10.3 Å². The number of hydrogen-bond donors (Lipinski definition) is 1. The maximum absolute atomic E-state index is 8.90. The number of nitrogens with zero attached hydrogens (tertiary/aromatic N) is 2. The van der Waals surface area contributed by atoms with Crippen LogP contribution in [0.2, 0.25) is 0 Å². The number of para-hydroxylation sites is 1. The smallest absolute Gasteiger partial charge is 0.0991 e. The Balaban J connectivity index is 2.03. The van der Waals surface area contributed by atoms with Gasteiger partial charge in [-0.05, 0) is 35.9 Å². The number of nitriles is 1. The Hall–Kier alpha value is -2.73. The Morgan fingerprint density at radius 1 is 1.11 bits per heavy atom. The van der Waals surface area contributed by atoms with Crippen molar-refractivity contribution in [2.75, 3.05) is 5.73 Å². The first-order valence-corrected chi connectivity index (χ1v) is 6.10. The Morgan fingerprint density at radius 2 is 1.95 bits per heavy atom. The molecule has 0 radical (unpaired) electrons. The minimum absolute atomic E-state index is 0.685. The Morgan fingerprint density at radius 3 is 2.74 bits per heavy atom. The molecule has 0 aliphatic rings.